The largest absolute Gasteiger partial charge is 0.486 e. The summed E-state index contributed by atoms with van der Waals surface area (Å²) in [6.07, 6.45) is 5.89. The molecule has 0 bridgehead atoms. The number of hydrogen-bond donors (Lipinski definition) is 1. The molecule has 1 N–H and O–H groups in total. The molecule has 1 aliphatic rings. The Morgan fingerprint density at radius 2 is 2.41 bits per heavy atom. The number of hydrogen-bond acceptors (Lipinski definition) is 4. The van der Waals surface area contributed by atoms with Gasteiger partial charge in [0.05, 0.1) is 6.20 Å². The highest BCUT2D eigenvalue weighted by Gasteiger charge is 2.42. The van der Waals surface area contributed by atoms with Crippen LogP contribution in [0.3, 0.4) is 0 Å². The van der Waals surface area contributed by atoms with Crippen molar-refractivity contribution < 1.29 is 9.47 Å². The molecular formula is C13H20N2O2. The number of nitrogens with one attached hydrogen (secondary N) is 1. The highest BCUT2D eigenvalue weighted by Crippen LogP contribution is 2.28. The lowest BCUT2D eigenvalue weighted by Crippen LogP contribution is -2.61. The van der Waals surface area contributed by atoms with Crippen LogP contribution in [-0.4, -0.2) is 36.9 Å². The minimum Gasteiger partial charge on any atom is -0.486 e. The molecule has 94 valence electrons. The SMILES string of the molecule is CCCNC1CC(Oc2cccnc2)C1OC. The van der Waals surface area contributed by atoms with Crippen LogP contribution < -0.4 is 10.1 Å². The Morgan fingerprint density at radius 3 is 3.06 bits per heavy atom. The van der Waals surface area contributed by atoms with Crippen LogP contribution in [0.2, 0.25) is 0 Å². The second kappa shape index (κ2) is 5.98. The lowest BCUT2D eigenvalue weighted by molar-refractivity contribution is -0.0888. The zero-order valence-electron chi connectivity index (χ0n) is 10.4. The fraction of sp³-hybridized carbons (Fsp3) is 0.615. The fourth-order valence-corrected chi connectivity index (χ4v) is 2.13. The molecule has 0 radical (unpaired) electrons. The van der Waals surface area contributed by atoms with Gasteiger partial charge in [-0.2, -0.15) is 0 Å². The van der Waals surface area contributed by atoms with Gasteiger partial charge in [-0.25, -0.2) is 0 Å². The van der Waals surface area contributed by atoms with E-state index in [0.717, 1.165) is 25.1 Å². The molecule has 1 heterocycles. The van der Waals surface area contributed by atoms with Crippen molar-refractivity contribution in [3.05, 3.63) is 24.5 Å². The normalized spacial score (nSPS) is 27.5. The molecule has 0 aromatic carbocycles. The van der Waals surface area contributed by atoms with Gasteiger partial charge in [0, 0.05) is 25.8 Å². The molecule has 3 atom stereocenters. The summed E-state index contributed by atoms with van der Waals surface area (Å²) in [5.41, 5.74) is 0. The fourth-order valence-electron chi connectivity index (χ4n) is 2.13. The Bertz CT molecular complexity index is 331. The maximum Gasteiger partial charge on any atom is 0.138 e. The quantitative estimate of drug-likeness (QED) is 0.815. The molecule has 0 aliphatic heterocycles. The second-order valence-electron chi connectivity index (χ2n) is 4.34. The number of rotatable bonds is 6. The van der Waals surface area contributed by atoms with Crippen LogP contribution in [0.4, 0.5) is 0 Å². The van der Waals surface area contributed by atoms with Crippen LogP contribution >= 0.6 is 0 Å². The van der Waals surface area contributed by atoms with Gasteiger partial charge in [-0.1, -0.05) is 6.92 Å². The third kappa shape index (κ3) is 2.96. The third-order valence-electron chi connectivity index (χ3n) is 3.10. The van der Waals surface area contributed by atoms with Gasteiger partial charge in [0.15, 0.2) is 0 Å². The number of methoxy groups -OCH3 is 1. The molecule has 4 heteroatoms. The van der Waals surface area contributed by atoms with Crippen molar-refractivity contribution in [2.24, 2.45) is 0 Å². The van der Waals surface area contributed by atoms with Crippen molar-refractivity contribution in [3.63, 3.8) is 0 Å². The standard InChI is InChI=1S/C13H20N2O2/c1-3-6-15-11-8-12(13(11)16-2)17-10-5-4-7-14-9-10/h4-5,7,9,11-13,15H,3,6,8H2,1-2H3. The first kappa shape index (κ1) is 12.3. The van der Waals surface area contributed by atoms with E-state index in [0.29, 0.717) is 6.04 Å². The topological polar surface area (TPSA) is 43.4 Å². The summed E-state index contributed by atoms with van der Waals surface area (Å²) in [7, 11) is 1.74. The first-order valence-corrected chi connectivity index (χ1v) is 6.18. The number of ether oxygens (including phenoxy) is 2. The minimum absolute atomic E-state index is 0.138. The van der Waals surface area contributed by atoms with Crippen LogP contribution in [0.1, 0.15) is 19.8 Å². The first-order valence-electron chi connectivity index (χ1n) is 6.18. The van der Waals surface area contributed by atoms with Crippen molar-refractivity contribution in [2.45, 2.75) is 38.0 Å². The predicted octanol–water partition coefficient (Wildman–Crippen LogP) is 1.62. The van der Waals surface area contributed by atoms with Crippen LogP contribution in [0, 0.1) is 0 Å². The van der Waals surface area contributed by atoms with Gasteiger partial charge >= 0.3 is 0 Å². The van der Waals surface area contributed by atoms with Crippen molar-refractivity contribution in [1.82, 2.24) is 10.3 Å². The third-order valence-corrected chi connectivity index (χ3v) is 3.10. The van der Waals surface area contributed by atoms with E-state index in [2.05, 4.69) is 17.2 Å². The summed E-state index contributed by atoms with van der Waals surface area (Å²) in [6.45, 7) is 3.20. The first-order chi connectivity index (χ1) is 8.35. The zero-order valence-corrected chi connectivity index (χ0v) is 10.4. The van der Waals surface area contributed by atoms with Gasteiger partial charge in [-0.15, -0.1) is 0 Å². The summed E-state index contributed by atoms with van der Waals surface area (Å²) in [6, 6.07) is 4.22. The highest BCUT2D eigenvalue weighted by atomic mass is 16.5. The molecule has 1 aromatic heterocycles. The Balaban J connectivity index is 1.83. The Morgan fingerprint density at radius 1 is 1.53 bits per heavy atom. The molecule has 1 saturated carbocycles. The smallest absolute Gasteiger partial charge is 0.138 e. The van der Waals surface area contributed by atoms with Gasteiger partial charge < -0.3 is 14.8 Å². The molecular weight excluding hydrogens is 216 g/mol. The van der Waals surface area contributed by atoms with Gasteiger partial charge in [-0.05, 0) is 25.1 Å². The molecule has 0 spiro atoms. The van der Waals surface area contributed by atoms with Crippen LogP contribution in [-0.2, 0) is 4.74 Å². The molecule has 17 heavy (non-hydrogen) atoms. The van der Waals surface area contributed by atoms with Crippen LogP contribution in [0.25, 0.3) is 0 Å². The lowest BCUT2D eigenvalue weighted by Gasteiger charge is -2.43. The summed E-state index contributed by atoms with van der Waals surface area (Å²) in [4.78, 5) is 4.03. The zero-order chi connectivity index (χ0) is 12.1. The van der Waals surface area contributed by atoms with E-state index in [1.165, 1.54) is 0 Å². The summed E-state index contributed by atoms with van der Waals surface area (Å²) in [5.74, 6) is 0.813. The van der Waals surface area contributed by atoms with Crippen molar-refractivity contribution in [2.75, 3.05) is 13.7 Å². The summed E-state index contributed by atoms with van der Waals surface area (Å²) >= 11 is 0. The average molecular weight is 236 g/mol. The van der Waals surface area contributed by atoms with Gasteiger partial charge in [-0.3, -0.25) is 4.98 Å². The molecule has 3 unspecified atom stereocenters. The Kier molecular flexibility index (Phi) is 4.34. The molecule has 1 fully saturated rings. The van der Waals surface area contributed by atoms with Crippen molar-refractivity contribution in [3.8, 4) is 5.75 Å². The molecule has 1 aliphatic carbocycles. The van der Waals surface area contributed by atoms with Crippen molar-refractivity contribution >= 4 is 0 Å². The van der Waals surface area contributed by atoms with E-state index in [4.69, 9.17) is 9.47 Å². The van der Waals surface area contributed by atoms with Crippen LogP contribution in [0.15, 0.2) is 24.5 Å². The summed E-state index contributed by atoms with van der Waals surface area (Å²) in [5, 5.41) is 3.46. The number of aromatic nitrogens is 1. The van der Waals surface area contributed by atoms with Gasteiger partial charge in [0.2, 0.25) is 0 Å². The maximum absolute atomic E-state index is 5.84. The van der Waals surface area contributed by atoms with E-state index in [1.807, 2.05) is 12.1 Å². The summed E-state index contributed by atoms with van der Waals surface area (Å²) < 4.78 is 11.3. The highest BCUT2D eigenvalue weighted by molar-refractivity contribution is 5.17. The van der Waals surface area contributed by atoms with E-state index in [1.54, 1.807) is 19.5 Å². The average Bonchev–Trinajstić information content (AvgIpc) is 2.34. The molecule has 4 nitrogen and oxygen atoms in total. The molecule has 0 amide bonds. The monoisotopic (exact) mass is 236 g/mol. The molecule has 0 saturated heterocycles. The van der Waals surface area contributed by atoms with E-state index >= 15 is 0 Å². The Hall–Kier alpha value is -1.13. The molecule has 2 rings (SSSR count). The number of nitrogens with zero attached hydrogens (tertiary/aromatic N) is 1. The minimum atomic E-state index is 0.138. The maximum atomic E-state index is 5.84. The second-order valence-corrected chi connectivity index (χ2v) is 4.34. The Labute approximate surface area is 102 Å². The van der Waals surface area contributed by atoms with Gasteiger partial charge in [0.25, 0.3) is 0 Å². The van der Waals surface area contributed by atoms with E-state index in [9.17, 15) is 0 Å². The number of pyridine rings is 1. The van der Waals surface area contributed by atoms with E-state index < -0.39 is 0 Å². The molecule has 1 aromatic rings. The lowest BCUT2D eigenvalue weighted by atomic mass is 9.85. The van der Waals surface area contributed by atoms with Gasteiger partial charge in [0.1, 0.15) is 18.0 Å². The van der Waals surface area contributed by atoms with Crippen molar-refractivity contribution in [1.29, 1.82) is 0 Å². The van der Waals surface area contributed by atoms with Crippen LogP contribution in [0.5, 0.6) is 5.75 Å². The predicted molar refractivity (Wildman–Crippen MR) is 66.1 cm³/mol. The van der Waals surface area contributed by atoms with E-state index in [-0.39, 0.29) is 12.2 Å².